The number of pyridine rings is 1. The molecule has 1 saturated carbocycles. The summed E-state index contributed by atoms with van der Waals surface area (Å²) in [7, 11) is 0. The highest BCUT2D eigenvalue weighted by Crippen LogP contribution is 2.59. The van der Waals surface area contributed by atoms with Gasteiger partial charge in [0.25, 0.3) is 0 Å². The number of carboxylic acid groups (broad SMARTS) is 1. The molecule has 0 radical (unpaired) electrons. The van der Waals surface area contributed by atoms with E-state index in [2.05, 4.69) is 55.7 Å². The van der Waals surface area contributed by atoms with Crippen LogP contribution in [0.2, 0.25) is 0 Å². The Morgan fingerprint density at radius 1 is 1.17 bits per heavy atom. The molecule has 0 saturated heterocycles. The van der Waals surface area contributed by atoms with Crippen molar-refractivity contribution in [2.45, 2.75) is 82.6 Å². The lowest BCUT2D eigenvalue weighted by atomic mass is 9.61. The summed E-state index contributed by atoms with van der Waals surface area (Å²) in [4.78, 5) is 28.2. The van der Waals surface area contributed by atoms with Crippen molar-refractivity contribution in [2.24, 2.45) is 5.41 Å². The molecule has 3 aromatic heterocycles. The Kier molecular flexibility index (Phi) is 6.21. The summed E-state index contributed by atoms with van der Waals surface area (Å²) in [5.41, 5.74) is 7.23. The first kappa shape index (κ1) is 25.9. The van der Waals surface area contributed by atoms with Crippen LogP contribution in [-0.4, -0.2) is 48.4 Å². The number of benzene rings is 1. The fourth-order valence-corrected chi connectivity index (χ4v) is 7.86. The van der Waals surface area contributed by atoms with E-state index < -0.39 is 11.6 Å². The number of amides is 1. The van der Waals surface area contributed by atoms with Gasteiger partial charge >= 0.3 is 6.09 Å². The molecule has 3 N–H and O–H groups in total. The largest absolute Gasteiger partial charge is 0.465 e. The molecule has 212 valence electrons. The van der Waals surface area contributed by atoms with Crippen LogP contribution in [0.5, 0.6) is 0 Å². The lowest BCUT2D eigenvalue weighted by molar-refractivity contribution is 0.120. The van der Waals surface area contributed by atoms with Crippen molar-refractivity contribution in [2.75, 3.05) is 11.4 Å². The number of anilines is 2. The van der Waals surface area contributed by atoms with Crippen molar-refractivity contribution in [1.29, 1.82) is 0 Å². The molecular formula is C32H37N7O2. The van der Waals surface area contributed by atoms with Gasteiger partial charge in [0.15, 0.2) is 17.0 Å². The number of carbonyl (C=O) groups is 1. The van der Waals surface area contributed by atoms with Crippen LogP contribution in [0.1, 0.15) is 86.7 Å². The molecule has 2 aliphatic carbocycles. The minimum Gasteiger partial charge on any atom is -0.465 e. The van der Waals surface area contributed by atoms with E-state index in [1.165, 1.54) is 11.1 Å². The number of nitrogens with one attached hydrogen (secondary N) is 2. The molecule has 1 spiro atoms. The van der Waals surface area contributed by atoms with Crippen molar-refractivity contribution >= 4 is 28.8 Å². The highest BCUT2D eigenvalue weighted by molar-refractivity contribution is 5.86. The van der Waals surface area contributed by atoms with Gasteiger partial charge in [-0.3, -0.25) is 10.1 Å². The predicted octanol–water partition coefficient (Wildman–Crippen LogP) is 6.25. The van der Waals surface area contributed by atoms with Crippen molar-refractivity contribution in [3.63, 3.8) is 0 Å². The van der Waals surface area contributed by atoms with E-state index in [-0.39, 0.29) is 5.41 Å². The summed E-state index contributed by atoms with van der Waals surface area (Å²) in [6.45, 7) is 4.89. The fourth-order valence-electron chi connectivity index (χ4n) is 7.86. The van der Waals surface area contributed by atoms with E-state index in [4.69, 9.17) is 9.97 Å². The number of rotatable bonds is 5. The van der Waals surface area contributed by atoms with Crippen LogP contribution in [0, 0.1) is 5.41 Å². The highest BCUT2D eigenvalue weighted by atomic mass is 16.4. The number of H-pyrrole nitrogens is 1. The lowest BCUT2D eigenvalue weighted by Crippen LogP contribution is -2.45. The molecule has 0 bridgehead atoms. The van der Waals surface area contributed by atoms with Crippen LogP contribution in [0.3, 0.4) is 0 Å². The van der Waals surface area contributed by atoms with E-state index in [9.17, 15) is 9.90 Å². The topological polar surface area (TPSA) is 120 Å². The zero-order valence-electron chi connectivity index (χ0n) is 23.7. The smallest absolute Gasteiger partial charge is 0.405 e. The maximum absolute atomic E-state index is 11.5. The second kappa shape index (κ2) is 9.82. The van der Waals surface area contributed by atoms with Crippen molar-refractivity contribution in [1.82, 2.24) is 30.5 Å². The summed E-state index contributed by atoms with van der Waals surface area (Å²) in [6.07, 6.45) is 11.0. The lowest BCUT2D eigenvalue weighted by Gasteiger charge is -2.44. The Morgan fingerprint density at radius 3 is 2.83 bits per heavy atom. The van der Waals surface area contributed by atoms with Gasteiger partial charge in [-0.1, -0.05) is 24.3 Å². The van der Waals surface area contributed by atoms with Crippen molar-refractivity contribution in [3.8, 4) is 0 Å². The van der Waals surface area contributed by atoms with Crippen LogP contribution in [0.15, 0.2) is 48.8 Å². The first-order valence-electron chi connectivity index (χ1n) is 14.8. The third-order valence-electron chi connectivity index (χ3n) is 9.75. The number of hydrogen-bond donors (Lipinski definition) is 3. The van der Waals surface area contributed by atoms with Gasteiger partial charge in [0, 0.05) is 30.4 Å². The Hall–Kier alpha value is -4.01. The molecule has 4 heterocycles. The van der Waals surface area contributed by atoms with Gasteiger partial charge in [-0.15, -0.1) is 0 Å². The van der Waals surface area contributed by atoms with E-state index in [0.29, 0.717) is 11.8 Å². The molecule has 41 heavy (non-hydrogen) atoms. The summed E-state index contributed by atoms with van der Waals surface area (Å²) in [6, 6.07) is 12.8. The summed E-state index contributed by atoms with van der Waals surface area (Å²) in [5, 5.41) is 20.0. The summed E-state index contributed by atoms with van der Waals surface area (Å²) < 4.78 is 0. The molecule has 7 rings (SSSR count). The van der Waals surface area contributed by atoms with Crippen molar-refractivity contribution in [3.05, 3.63) is 71.3 Å². The molecule has 1 amide bonds. The molecule has 9 heteroatoms. The van der Waals surface area contributed by atoms with Gasteiger partial charge < -0.3 is 15.3 Å². The summed E-state index contributed by atoms with van der Waals surface area (Å²) >= 11 is 0. The quantitative estimate of drug-likeness (QED) is 0.268. The zero-order chi connectivity index (χ0) is 28.2. The minimum atomic E-state index is -0.962. The second-order valence-corrected chi connectivity index (χ2v) is 12.8. The van der Waals surface area contributed by atoms with Gasteiger partial charge in [-0.25, -0.2) is 14.8 Å². The molecule has 1 atom stereocenters. The monoisotopic (exact) mass is 551 g/mol. The number of nitrogens with zero attached hydrogens (tertiary/aromatic N) is 5. The maximum atomic E-state index is 11.5. The second-order valence-electron chi connectivity index (χ2n) is 12.8. The van der Waals surface area contributed by atoms with E-state index in [1.807, 2.05) is 32.3 Å². The van der Waals surface area contributed by atoms with Crippen LogP contribution in [0.4, 0.5) is 16.3 Å². The highest BCUT2D eigenvalue weighted by Gasteiger charge is 2.49. The van der Waals surface area contributed by atoms with E-state index >= 15 is 0 Å². The van der Waals surface area contributed by atoms with Gasteiger partial charge in [0.05, 0.1) is 17.1 Å². The molecule has 1 aromatic carbocycles. The molecule has 4 aromatic rings. The zero-order valence-corrected chi connectivity index (χ0v) is 23.7. The van der Waals surface area contributed by atoms with E-state index in [1.54, 1.807) is 0 Å². The number of fused-ring (bicyclic) bond motifs is 3. The first-order chi connectivity index (χ1) is 19.8. The van der Waals surface area contributed by atoms with Gasteiger partial charge in [0.2, 0.25) is 0 Å². The Labute approximate surface area is 239 Å². The van der Waals surface area contributed by atoms with E-state index in [0.717, 1.165) is 92.0 Å². The van der Waals surface area contributed by atoms with Gasteiger partial charge in [0.1, 0.15) is 0 Å². The Bertz CT molecular complexity index is 1600. The summed E-state index contributed by atoms with van der Waals surface area (Å²) in [5.74, 6) is 1.49. The molecule has 1 unspecified atom stereocenters. The number of aryl methyl sites for hydroxylation is 1. The van der Waals surface area contributed by atoms with Crippen molar-refractivity contribution < 1.29 is 9.90 Å². The molecule has 1 aliphatic heterocycles. The number of aromatic amines is 1. The molecular weight excluding hydrogens is 514 g/mol. The van der Waals surface area contributed by atoms with Gasteiger partial charge in [-0.05, 0) is 99.8 Å². The standard InChI is InChI=1S/C32H37N7O2/c1-31(2,36-30(40)41)18-23-22-8-4-3-7-21(22)17-32(23)13-11-20(12-14-32)25-19-34-27-28(35-25)37-38-29(27)39-16-6-9-24-26(39)10-5-15-33-24/h3-5,7-8,10,15,19-20,23,36H,6,9,11-14,16-18H2,1-2H3,(H,40,41)(H,35,37,38). The Morgan fingerprint density at radius 2 is 2.00 bits per heavy atom. The molecule has 3 aliphatic rings. The minimum absolute atomic E-state index is 0.145. The average molecular weight is 552 g/mol. The number of hydrogen-bond acceptors (Lipinski definition) is 6. The third kappa shape index (κ3) is 4.61. The van der Waals surface area contributed by atoms with Crippen LogP contribution in [-0.2, 0) is 12.8 Å². The average Bonchev–Trinajstić information content (AvgIpc) is 3.51. The van der Waals surface area contributed by atoms with Crippen LogP contribution in [0.25, 0.3) is 11.2 Å². The first-order valence-corrected chi connectivity index (χ1v) is 14.8. The van der Waals surface area contributed by atoms with Crippen LogP contribution < -0.4 is 10.2 Å². The Balaban J connectivity index is 1.12. The fraction of sp³-hybridized carbons (Fsp3) is 0.469. The molecule has 9 nitrogen and oxygen atoms in total. The maximum Gasteiger partial charge on any atom is 0.405 e. The SMILES string of the molecule is CC(C)(CC1c2ccccc2CC12CCC(c1cnc3c(N4CCCc5ncccc54)n[nH]c3n1)CC2)NC(=O)O. The predicted molar refractivity (Wildman–Crippen MR) is 158 cm³/mol. The van der Waals surface area contributed by atoms with Gasteiger partial charge in [-0.2, -0.15) is 5.10 Å². The molecule has 1 fully saturated rings. The number of aromatic nitrogens is 5. The van der Waals surface area contributed by atoms with Crippen LogP contribution >= 0.6 is 0 Å². The third-order valence-corrected chi connectivity index (χ3v) is 9.75. The normalized spacial score (nSPS) is 23.9.